The maximum Gasteiger partial charge on any atom is 0.143 e. The Kier molecular flexibility index (Phi) is 2.36. The molecule has 0 spiro atoms. The second kappa shape index (κ2) is 3.66. The van der Waals surface area contributed by atoms with Gasteiger partial charge in [0.2, 0.25) is 0 Å². The van der Waals surface area contributed by atoms with Gasteiger partial charge in [-0.3, -0.25) is 5.01 Å². The lowest BCUT2D eigenvalue weighted by molar-refractivity contribution is 0.414. The molecule has 0 amide bonds. The number of nitrogens with zero attached hydrogens (tertiary/aromatic N) is 2. The molecule has 0 bridgehead atoms. The van der Waals surface area contributed by atoms with Gasteiger partial charge in [0, 0.05) is 13.1 Å². The van der Waals surface area contributed by atoms with Gasteiger partial charge in [0.25, 0.3) is 0 Å². The summed E-state index contributed by atoms with van der Waals surface area (Å²) in [7, 11) is 1.69. The van der Waals surface area contributed by atoms with Crippen molar-refractivity contribution >= 4 is 5.69 Å². The Labute approximate surface area is 78.3 Å². The molecule has 0 N–H and O–H groups in total. The lowest BCUT2D eigenvalue weighted by atomic mass is 10.3. The Morgan fingerprint density at radius 3 is 2.92 bits per heavy atom. The number of hydrogen-bond donors (Lipinski definition) is 0. The third-order valence-electron chi connectivity index (χ3n) is 2.16. The molecular weight excluding hydrogens is 164 g/mol. The highest BCUT2D eigenvalue weighted by Gasteiger charge is 2.16. The summed E-state index contributed by atoms with van der Waals surface area (Å²) in [6, 6.07) is 7.97. The van der Waals surface area contributed by atoms with Crippen molar-refractivity contribution in [1.82, 2.24) is 5.43 Å². The van der Waals surface area contributed by atoms with E-state index < -0.39 is 0 Å². The first-order valence-electron chi connectivity index (χ1n) is 4.50. The number of ether oxygens (including phenoxy) is 1. The molecule has 0 unspecified atom stereocenters. The highest BCUT2D eigenvalue weighted by atomic mass is 16.5. The van der Waals surface area contributed by atoms with E-state index in [1.54, 1.807) is 7.11 Å². The molecule has 2 rings (SSSR count). The first-order valence-corrected chi connectivity index (χ1v) is 4.50. The molecule has 1 aliphatic heterocycles. The fourth-order valence-electron chi connectivity index (χ4n) is 1.52. The van der Waals surface area contributed by atoms with Crippen LogP contribution < -0.4 is 15.2 Å². The van der Waals surface area contributed by atoms with Gasteiger partial charge >= 0.3 is 0 Å². The van der Waals surface area contributed by atoms with Crippen molar-refractivity contribution < 1.29 is 4.74 Å². The molecule has 13 heavy (non-hydrogen) atoms. The van der Waals surface area contributed by atoms with Gasteiger partial charge in [0.15, 0.2) is 0 Å². The molecule has 1 aromatic carbocycles. The standard InChI is InChI=1S/C10H13N2O/c1-13-10-6-3-2-5-9(10)12-8-4-7-11-12/h2-3,5-6H,4,7-8H2,1H3. The molecular formula is C10H13N2O. The molecule has 0 aliphatic carbocycles. The number of hydrogen-bond acceptors (Lipinski definition) is 2. The maximum atomic E-state index is 5.26. The van der Waals surface area contributed by atoms with E-state index in [9.17, 15) is 0 Å². The molecule has 1 aliphatic rings. The predicted octanol–water partition coefficient (Wildman–Crippen LogP) is 1.42. The summed E-state index contributed by atoms with van der Waals surface area (Å²) in [5.74, 6) is 0.896. The molecule has 1 radical (unpaired) electrons. The van der Waals surface area contributed by atoms with Gasteiger partial charge in [-0.2, -0.15) is 0 Å². The third-order valence-corrected chi connectivity index (χ3v) is 2.16. The van der Waals surface area contributed by atoms with E-state index >= 15 is 0 Å². The minimum atomic E-state index is 0.896. The quantitative estimate of drug-likeness (QED) is 0.683. The Morgan fingerprint density at radius 1 is 1.38 bits per heavy atom. The topological polar surface area (TPSA) is 26.6 Å². The first kappa shape index (κ1) is 8.38. The van der Waals surface area contributed by atoms with Gasteiger partial charge in [-0.05, 0) is 18.6 Å². The van der Waals surface area contributed by atoms with Gasteiger partial charge in [-0.1, -0.05) is 12.1 Å². The third kappa shape index (κ3) is 1.60. The molecule has 1 heterocycles. The van der Waals surface area contributed by atoms with Crippen molar-refractivity contribution in [2.75, 3.05) is 25.2 Å². The summed E-state index contributed by atoms with van der Waals surface area (Å²) in [6.45, 7) is 1.93. The van der Waals surface area contributed by atoms with Gasteiger partial charge in [0.05, 0.1) is 12.8 Å². The number of rotatable bonds is 2. The Morgan fingerprint density at radius 2 is 2.23 bits per heavy atom. The average molecular weight is 177 g/mol. The monoisotopic (exact) mass is 177 g/mol. The van der Waals surface area contributed by atoms with Gasteiger partial charge in [0.1, 0.15) is 5.75 Å². The van der Waals surface area contributed by atoms with Crippen LogP contribution in [0.4, 0.5) is 5.69 Å². The van der Waals surface area contributed by atoms with Crippen molar-refractivity contribution in [2.24, 2.45) is 0 Å². The molecule has 1 aromatic rings. The zero-order valence-corrected chi connectivity index (χ0v) is 7.73. The Hall–Kier alpha value is -1.22. The van der Waals surface area contributed by atoms with Crippen LogP contribution in [-0.4, -0.2) is 20.2 Å². The molecule has 1 fully saturated rings. The van der Waals surface area contributed by atoms with Crippen molar-refractivity contribution in [3.05, 3.63) is 24.3 Å². The van der Waals surface area contributed by atoms with Gasteiger partial charge < -0.3 is 4.74 Å². The smallest absolute Gasteiger partial charge is 0.143 e. The highest BCUT2D eigenvalue weighted by molar-refractivity contribution is 5.57. The fraction of sp³-hybridized carbons (Fsp3) is 0.400. The molecule has 0 aromatic heterocycles. The van der Waals surface area contributed by atoms with E-state index in [-0.39, 0.29) is 0 Å². The fourth-order valence-corrected chi connectivity index (χ4v) is 1.52. The molecule has 69 valence electrons. The average Bonchev–Trinajstić information content (AvgIpc) is 2.70. The van der Waals surface area contributed by atoms with Crippen LogP contribution in [0.1, 0.15) is 6.42 Å². The van der Waals surface area contributed by atoms with Crippen LogP contribution in [0.5, 0.6) is 5.75 Å². The zero-order chi connectivity index (χ0) is 9.10. The van der Waals surface area contributed by atoms with Crippen LogP contribution >= 0.6 is 0 Å². The SMILES string of the molecule is COc1ccccc1N1CCC[N]1. The lowest BCUT2D eigenvalue weighted by Gasteiger charge is -2.18. The highest BCUT2D eigenvalue weighted by Crippen LogP contribution is 2.27. The van der Waals surface area contributed by atoms with Gasteiger partial charge in [-0.15, -0.1) is 5.43 Å². The van der Waals surface area contributed by atoms with Crippen LogP contribution in [0.25, 0.3) is 0 Å². The molecule has 1 saturated heterocycles. The zero-order valence-electron chi connectivity index (χ0n) is 7.73. The Balaban J connectivity index is 2.26. The van der Waals surface area contributed by atoms with Crippen molar-refractivity contribution in [1.29, 1.82) is 0 Å². The van der Waals surface area contributed by atoms with E-state index in [0.717, 1.165) is 30.9 Å². The summed E-state index contributed by atoms with van der Waals surface area (Å²) in [5.41, 5.74) is 5.44. The molecule has 3 nitrogen and oxygen atoms in total. The minimum absolute atomic E-state index is 0.896. The van der Waals surface area contributed by atoms with E-state index in [2.05, 4.69) is 5.43 Å². The Bertz CT molecular complexity index is 282. The first-order chi connectivity index (χ1) is 6.42. The van der Waals surface area contributed by atoms with E-state index in [1.807, 2.05) is 29.3 Å². The minimum Gasteiger partial charge on any atom is -0.495 e. The van der Waals surface area contributed by atoms with Crippen molar-refractivity contribution in [3.8, 4) is 5.75 Å². The van der Waals surface area contributed by atoms with Gasteiger partial charge in [-0.25, -0.2) is 0 Å². The molecule has 0 saturated carbocycles. The number of methoxy groups -OCH3 is 1. The summed E-state index contributed by atoms with van der Waals surface area (Å²) < 4.78 is 5.26. The van der Waals surface area contributed by atoms with Crippen molar-refractivity contribution in [3.63, 3.8) is 0 Å². The van der Waals surface area contributed by atoms with Crippen LogP contribution in [0.15, 0.2) is 24.3 Å². The summed E-state index contributed by atoms with van der Waals surface area (Å²) in [5, 5.41) is 2.01. The van der Waals surface area contributed by atoms with E-state index in [1.165, 1.54) is 0 Å². The van der Waals surface area contributed by atoms with Crippen LogP contribution in [0.3, 0.4) is 0 Å². The number of benzene rings is 1. The number of para-hydroxylation sites is 2. The molecule has 0 atom stereocenters. The maximum absolute atomic E-state index is 5.26. The summed E-state index contributed by atoms with van der Waals surface area (Å²) in [4.78, 5) is 0. The van der Waals surface area contributed by atoms with Crippen LogP contribution in [0.2, 0.25) is 0 Å². The second-order valence-corrected chi connectivity index (χ2v) is 3.01. The predicted molar refractivity (Wildman–Crippen MR) is 52.0 cm³/mol. The van der Waals surface area contributed by atoms with Crippen molar-refractivity contribution in [2.45, 2.75) is 6.42 Å². The molecule has 3 heteroatoms. The van der Waals surface area contributed by atoms with Crippen LogP contribution in [-0.2, 0) is 0 Å². The normalized spacial score (nSPS) is 16.2. The van der Waals surface area contributed by atoms with Crippen LogP contribution in [0, 0.1) is 0 Å². The summed E-state index contributed by atoms with van der Waals surface area (Å²) >= 11 is 0. The van der Waals surface area contributed by atoms with E-state index in [0.29, 0.717) is 0 Å². The lowest BCUT2D eigenvalue weighted by Crippen LogP contribution is -2.24. The second-order valence-electron chi connectivity index (χ2n) is 3.01. The summed E-state index contributed by atoms with van der Waals surface area (Å²) in [6.07, 6.45) is 1.14. The van der Waals surface area contributed by atoms with E-state index in [4.69, 9.17) is 4.74 Å². The number of anilines is 1. The largest absolute Gasteiger partial charge is 0.495 e.